The molecule has 1 rings (SSSR count). The zero-order chi connectivity index (χ0) is 13.9. The third-order valence-electron chi connectivity index (χ3n) is 2.05. The molecule has 6 heteroatoms. The number of carbonyl (C=O) groups is 1. The highest BCUT2D eigenvalue weighted by atomic mass is 19.1. The van der Waals surface area contributed by atoms with Gasteiger partial charge in [0.25, 0.3) is 0 Å². The summed E-state index contributed by atoms with van der Waals surface area (Å²) in [4.78, 5) is 16.6. The molecule has 0 aliphatic heterocycles. The summed E-state index contributed by atoms with van der Waals surface area (Å²) in [7, 11) is 2.84. The van der Waals surface area contributed by atoms with Crippen molar-refractivity contribution in [3.8, 4) is 5.88 Å². The largest absolute Gasteiger partial charge is 0.481 e. The Balaban J connectivity index is 2.96. The van der Waals surface area contributed by atoms with E-state index in [0.717, 1.165) is 11.1 Å². The van der Waals surface area contributed by atoms with Crippen molar-refractivity contribution < 1.29 is 18.7 Å². The van der Waals surface area contributed by atoms with Crippen LogP contribution in [0.5, 0.6) is 5.88 Å². The molecule has 5 nitrogen and oxygen atoms in total. The summed E-state index contributed by atoms with van der Waals surface area (Å²) in [5.74, 6) is -0.397. The average molecular weight is 256 g/mol. The fourth-order valence-corrected chi connectivity index (χ4v) is 1.21. The third-order valence-corrected chi connectivity index (χ3v) is 2.05. The molecule has 0 fully saturated rings. The van der Waals surface area contributed by atoms with Crippen LogP contribution in [0.4, 0.5) is 14.9 Å². The van der Waals surface area contributed by atoms with E-state index in [2.05, 4.69) is 4.98 Å². The average Bonchev–Trinajstić information content (AvgIpc) is 2.26. The summed E-state index contributed by atoms with van der Waals surface area (Å²) in [6.07, 6.45) is 0.351. The quantitative estimate of drug-likeness (QED) is 0.816. The van der Waals surface area contributed by atoms with Crippen molar-refractivity contribution >= 4 is 11.8 Å². The predicted octanol–water partition coefficient (Wildman–Crippen LogP) is 2.60. The minimum Gasteiger partial charge on any atom is -0.481 e. The van der Waals surface area contributed by atoms with Gasteiger partial charge in [-0.2, -0.15) is 0 Å². The van der Waals surface area contributed by atoms with Crippen LogP contribution < -0.4 is 9.64 Å². The van der Waals surface area contributed by atoms with Gasteiger partial charge in [0.1, 0.15) is 5.60 Å². The number of methoxy groups -OCH3 is 1. The van der Waals surface area contributed by atoms with Gasteiger partial charge >= 0.3 is 6.09 Å². The first-order valence-electron chi connectivity index (χ1n) is 5.41. The van der Waals surface area contributed by atoms with E-state index < -0.39 is 17.5 Å². The smallest absolute Gasteiger partial charge is 0.414 e. The monoisotopic (exact) mass is 256 g/mol. The lowest BCUT2D eigenvalue weighted by atomic mass is 10.2. The second-order valence-electron chi connectivity index (χ2n) is 4.72. The van der Waals surface area contributed by atoms with E-state index in [0.29, 0.717) is 0 Å². The van der Waals surface area contributed by atoms with Gasteiger partial charge in [-0.05, 0) is 20.8 Å². The van der Waals surface area contributed by atoms with Crippen molar-refractivity contribution in [1.82, 2.24) is 4.98 Å². The second-order valence-corrected chi connectivity index (χ2v) is 4.72. The molecular formula is C12H17FN2O3. The molecule has 0 atom stereocenters. The SMILES string of the molecule is COc1cc(N(C)C(=O)OC(C)(C)C)c(F)cn1. The summed E-state index contributed by atoms with van der Waals surface area (Å²) in [5, 5.41) is 0. The number of aromatic nitrogens is 1. The van der Waals surface area contributed by atoms with E-state index in [9.17, 15) is 9.18 Å². The van der Waals surface area contributed by atoms with Crippen LogP contribution in [0, 0.1) is 5.82 Å². The first-order chi connectivity index (χ1) is 8.24. The van der Waals surface area contributed by atoms with Crippen LogP contribution in [0.3, 0.4) is 0 Å². The molecule has 0 aliphatic carbocycles. The Kier molecular flexibility index (Phi) is 4.11. The van der Waals surface area contributed by atoms with E-state index in [1.165, 1.54) is 20.2 Å². The number of rotatable bonds is 2. The maximum Gasteiger partial charge on any atom is 0.414 e. The fraction of sp³-hybridized carbons (Fsp3) is 0.500. The van der Waals surface area contributed by atoms with Gasteiger partial charge in [0.05, 0.1) is 19.0 Å². The number of nitrogens with zero attached hydrogens (tertiary/aromatic N) is 2. The third kappa shape index (κ3) is 3.58. The van der Waals surface area contributed by atoms with E-state index in [4.69, 9.17) is 9.47 Å². The number of amides is 1. The van der Waals surface area contributed by atoms with Gasteiger partial charge in [0.15, 0.2) is 5.82 Å². The van der Waals surface area contributed by atoms with Crippen LogP contribution in [-0.2, 0) is 4.74 Å². The van der Waals surface area contributed by atoms with Crippen molar-refractivity contribution in [3.63, 3.8) is 0 Å². The molecule has 1 aromatic heterocycles. The number of carbonyl (C=O) groups excluding carboxylic acids is 1. The molecular weight excluding hydrogens is 239 g/mol. The zero-order valence-electron chi connectivity index (χ0n) is 11.2. The van der Waals surface area contributed by atoms with Gasteiger partial charge in [-0.25, -0.2) is 14.2 Å². The number of ether oxygens (including phenoxy) is 2. The van der Waals surface area contributed by atoms with Gasteiger partial charge in [-0.1, -0.05) is 0 Å². The lowest BCUT2D eigenvalue weighted by Crippen LogP contribution is -2.34. The summed E-state index contributed by atoms with van der Waals surface area (Å²) in [6.45, 7) is 5.21. The fourth-order valence-electron chi connectivity index (χ4n) is 1.21. The predicted molar refractivity (Wildman–Crippen MR) is 65.4 cm³/mol. The maximum absolute atomic E-state index is 13.6. The van der Waals surface area contributed by atoms with Crippen molar-refractivity contribution in [2.45, 2.75) is 26.4 Å². The Morgan fingerprint density at radius 3 is 2.56 bits per heavy atom. The molecule has 0 saturated heterocycles. The van der Waals surface area contributed by atoms with Crippen molar-refractivity contribution in [2.75, 3.05) is 19.1 Å². The van der Waals surface area contributed by atoms with Crippen LogP contribution in [0.2, 0.25) is 0 Å². The Morgan fingerprint density at radius 2 is 2.06 bits per heavy atom. The first kappa shape index (κ1) is 14.2. The minimum atomic E-state index is -0.644. The number of pyridine rings is 1. The highest BCUT2D eigenvalue weighted by Crippen LogP contribution is 2.23. The van der Waals surface area contributed by atoms with Crippen LogP contribution in [-0.4, -0.2) is 30.8 Å². The molecule has 0 saturated carbocycles. The molecule has 0 unspecified atom stereocenters. The molecule has 0 radical (unpaired) electrons. The number of halogens is 1. The first-order valence-corrected chi connectivity index (χ1v) is 5.41. The molecule has 100 valence electrons. The van der Waals surface area contributed by atoms with Gasteiger partial charge in [0, 0.05) is 13.1 Å². The molecule has 0 spiro atoms. The maximum atomic E-state index is 13.6. The second kappa shape index (κ2) is 5.20. The normalized spacial score (nSPS) is 11.0. The van der Waals surface area contributed by atoms with Gasteiger partial charge in [-0.3, -0.25) is 4.90 Å². The highest BCUT2D eigenvalue weighted by molar-refractivity contribution is 5.87. The minimum absolute atomic E-state index is 0.0519. The van der Waals surface area contributed by atoms with Gasteiger partial charge < -0.3 is 9.47 Å². The number of anilines is 1. The molecule has 0 N–H and O–H groups in total. The standard InChI is InChI=1S/C12H17FN2O3/c1-12(2,3)18-11(16)15(4)9-6-10(17-5)14-7-8(9)13/h6-7H,1-5H3. The number of hydrogen-bond acceptors (Lipinski definition) is 4. The summed E-state index contributed by atoms with van der Waals surface area (Å²) in [5.41, 5.74) is -0.588. The molecule has 0 aromatic carbocycles. The van der Waals surface area contributed by atoms with E-state index >= 15 is 0 Å². The Bertz CT molecular complexity index is 443. The van der Waals surface area contributed by atoms with Gasteiger partial charge in [0.2, 0.25) is 5.88 Å². The van der Waals surface area contributed by atoms with Crippen molar-refractivity contribution in [2.24, 2.45) is 0 Å². The Morgan fingerprint density at radius 1 is 1.44 bits per heavy atom. The Hall–Kier alpha value is -1.85. The molecule has 1 heterocycles. The lowest BCUT2D eigenvalue weighted by molar-refractivity contribution is 0.0588. The number of hydrogen-bond donors (Lipinski definition) is 0. The molecule has 1 aromatic rings. The zero-order valence-corrected chi connectivity index (χ0v) is 11.2. The summed E-state index contributed by atoms with van der Waals surface area (Å²) >= 11 is 0. The molecule has 0 aliphatic rings. The Labute approximate surface area is 106 Å². The molecule has 18 heavy (non-hydrogen) atoms. The van der Waals surface area contributed by atoms with Crippen LogP contribution in [0.15, 0.2) is 12.3 Å². The van der Waals surface area contributed by atoms with Crippen LogP contribution >= 0.6 is 0 Å². The van der Waals surface area contributed by atoms with E-state index in [-0.39, 0.29) is 11.6 Å². The highest BCUT2D eigenvalue weighted by Gasteiger charge is 2.23. The molecule has 0 bridgehead atoms. The van der Waals surface area contributed by atoms with E-state index in [1.807, 2.05) is 0 Å². The topological polar surface area (TPSA) is 51.7 Å². The molecule has 1 amide bonds. The summed E-state index contributed by atoms with van der Waals surface area (Å²) < 4.78 is 23.6. The lowest BCUT2D eigenvalue weighted by Gasteiger charge is -2.24. The van der Waals surface area contributed by atoms with E-state index in [1.54, 1.807) is 20.8 Å². The van der Waals surface area contributed by atoms with Gasteiger partial charge in [-0.15, -0.1) is 0 Å². The van der Waals surface area contributed by atoms with Crippen LogP contribution in [0.1, 0.15) is 20.8 Å². The van der Waals surface area contributed by atoms with Crippen LogP contribution in [0.25, 0.3) is 0 Å². The van der Waals surface area contributed by atoms with Crippen molar-refractivity contribution in [3.05, 3.63) is 18.1 Å². The summed E-state index contributed by atoms with van der Waals surface area (Å²) in [6, 6.07) is 1.33. The van der Waals surface area contributed by atoms with Crippen molar-refractivity contribution in [1.29, 1.82) is 0 Å².